The van der Waals surface area contributed by atoms with Gasteiger partial charge in [-0.1, -0.05) is 11.6 Å². The van der Waals surface area contributed by atoms with Crippen molar-refractivity contribution in [2.24, 2.45) is 0 Å². The van der Waals surface area contributed by atoms with Crippen LogP contribution in [0.3, 0.4) is 0 Å². The lowest BCUT2D eigenvalue weighted by molar-refractivity contribution is 0.515. The van der Waals surface area contributed by atoms with Crippen molar-refractivity contribution < 1.29 is 4.42 Å². The van der Waals surface area contributed by atoms with Crippen LogP contribution in [0.1, 0.15) is 11.1 Å². The Morgan fingerprint density at radius 2 is 1.94 bits per heavy atom. The summed E-state index contributed by atoms with van der Waals surface area (Å²) in [5.74, 6) is 0. The molecule has 86 valence electrons. The first-order valence-corrected chi connectivity index (χ1v) is 5.65. The maximum absolute atomic E-state index is 11.7. The molecule has 0 aliphatic carbocycles. The lowest BCUT2D eigenvalue weighted by atomic mass is 10.1. The zero-order valence-electron chi connectivity index (χ0n) is 9.43. The number of aromatic amines is 1. The molecule has 0 unspecified atom stereocenters. The first kappa shape index (κ1) is 10.4. The maximum Gasteiger partial charge on any atom is 0.360 e. The van der Waals surface area contributed by atoms with E-state index in [1.165, 1.54) is 6.26 Å². The molecule has 4 heteroatoms. The highest BCUT2D eigenvalue weighted by atomic mass is 35.5. The second-order valence-corrected chi connectivity index (χ2v) is 4.66. The summed E-state index contributed by atoms with van der Waals surface area (Å²) < 4.78 is 4.95. The average Bonchev–Trinajstić information content (AvgIpc) is 2.64. The second-order valence-electron chi connectivity index (χ2n) is 4.23. The standard InChI is InChI=1S/C13H10ClNO2/c1-6-3-8(14)4-9-10-7(2)5-17-13(16)12(10)15-11(6)9/h3-5,15H,1-2H3. The molecule has 17 heavy (non-hydrogen) atoms. The molecule has 0 aliphatic heterocycles. The van der Waals surface area contributed by atoms with Gasteiger partial charge in [0.25, 0.3) is 0 Å². The van der Waals surface area contributed by atoms with E-state index in [0.717, 1.165) is 27.4 Å². The SMILES string of the molecule is Cc1cc(Cl)cc2c1[nH]c1c(=O)occ(C)c12. The lowest BCUT2D eigenvalue weighted by Crippen LogP contribution is -1.98. The summed E-state index contributed by atoms with van der Waals surface area (Å²) in [4.78, 5) is 14.8. The monoisotopic (exact) mass is 247 g/mol. The van der Waals surface area contributed by atoms with Gasteiger partial charge in [-0.25, -0.2) is 4.79 Å². The van der Waals surface area contributed by atoms with Crippen LogP contribution >= 0.6 is 11.6 Å². The molecule has 0 bridgehead atoms. The van der Waals surface area contributed by atoms with E-state index in [9.17, 15) is 4.79 Å². The van der Waals surface area contributed by atoms with E-state index >= 15 is 0 Å². The van der Waals surface area contributed by atoms with Crippen LogP contribution in [0.15, 0.2) is 27.6 Å². The van der Waals surface area contributed by atoms with Gasteiger partial charge < -0.3 is 9.40 Å². The van der Waals surface area contributed by atoms with Crippen LogP contribution in [0.4, 0.5) is 0 Å². The molecule has 0 radical (unpaired) electrons. The molecule has 3 aromatic rings. The van der Waals surface area contributed by atoms with Gasteiger partial charge in [0.15, 0.2) is 0 Å². The van der Waals surface area contributed by atoms with Crippen molar-refractivity contribution in [3.05, 3.63) is 45.0 Å². The topological polar surface area (TPSA) is 46.0 Å². The summed E-state index contributed by atoms with van der Waals surface area (Å²) in [6.07, 6.45) is 1.48. The summed E-state index contributed by atoms with van der Waals surface area (Å²) in [7, 11) is 0. The number of fused-ring (bicyclic) bond motifs is 3. The molecule has 0 saturated heterocycles. The Hall–Kier alpha value is -1.74. The number of aryl methyl sites for hydroxylation is 2. The molecule has 2 heterocycles. The zero-order chi connectivity index (χ0) is 12.2. The minimum atomic E-state index is -0.350. The highest BCUT2D eigenvalue weighted by molar-refractivity contribution is 6.32. The number of rotatable bonds is 0. The Labute approximate surface area is 102 Å². The van der Waals surface area contributed by atoms with Crippen LogP contribution in [0.25, 0.3) is 21.8 Å². The first-order chi connectivity index (χ1) is 8.08. The van der Waals surface area contributed by atoms with Gasteiger partial charge in [-0.2, -0.15) is 0 Å². The zero-order valence-corrected chi connectivity index (χ0v) is 10.2. The number of H-pyrrole nitrogens is 1. The number of aromatic nitrogens is 1. The van der Waals surface area contributed by atoms with Crippen molar-refractivity contribution in [3.63, 3.8) is 0 Å². The van der Waals surface area contributed by atoms with Gasteiger partial charge in [0.2, 0.25) is 0 Å². The van der Waals surface area contributed by atoms with Crippen LogP contribution in [0.5, 0.6) is 0 Å². The van der Waals surface area contributed by atoms with Gasteiger partial charge in [-0.3, -0.25) is 0 Å². The first-order valence-electron chi connectivity index (χ1n) is 5.28. The predicted octanol–water partition coefficient (Wildman–Crippen LogP) is 3.54. The van der Waals surface area contributed by atoms with E-state index in [2.05, 4.69) is 4.98 Å². The molecule has 0 aliphatic rings. The molecule has 3 rings (SSSR count). The van der Waals surface area contributed by atoms with Crippen molar-refractivity contribution in [2.45, 2.75) is 13.8 Å². The maximum atomic E-state index is 11.7. The van der Waals surface area contributed by atoms with Gasteiger partial charge >= 0.3 is 5.63 Å². The quantitative estimate of drug-likeness (QED) is 0.660. The van der Waals surface area contributed by atoms with Gasteiger partial charge in [0.05, 0.1) is 6.26 Å². The Morgan fingerprint density at radius 1 is 1.18 bits per heavy atom. The Balaban J connectivity index is 2.70. The number of benzene rings is 1. The molecule has 0 saturated carbocycles. The van der Waals surface area contributed by atoms with E-state index in [-0.39, 0.29) is 5.63 Å². The van der Waals surface area contributed by atoms with Gasteiger partial charge in [-0.05, 0) is 37.1 Å². The minimum Gasteiger partial charge on any atom is -0.430 e. The highest BCUT2D eigenvalue weighted by Gasteiger charge is 2.12. The van der Waals surface area contributed by atoms with Crippen molar-refractivity contribution in [2.75, 3.05) is 0 Å². The van der Waals surface area contributed by atoms with E-state index in [0.29, 0.717) is 10.5 Å². The number of nitrogens with one attached hydrogen (secondary N) is 1. The molecule has 1 N–H and O–H groups in total. The number of hydrogen-bond donors (Lipinski definition) is 1. The summed E-state index contributed by atoms with van der Waals surface area (Å²) >= 11 is 6.06. The fourth-order valence-corrected chi connectivity index (χ4v) is 2.52. The van der Waals surface area contributed by atoms with E-state index in [4.69, 9.17) is 16.0 Å². The third kappa shape index (κ3) is 1.39. The molecule has 0 fully saturated rings. The van der Waals surface area contributed by atoms with Gasteiger partial charge in [0.1, 0.15) is 5.52 Å². The molecular weight excluding hydrogens is 238 g/mol. The molecule has 1 aromatic carbocycles. The van der Waals surface area contributed by atoms with Gasteiger partial charge in [0, 0.05) is 21.3 Å². The molecule has 0 spiro atoms. The molecule has 0 amide bonds. The van der Waals surface area contributed by atoms with Crippen LogP contribution in [0, 0.1) is 13.8 Å². The van der Waals surface area contributed by atoms with Crippen molar-refractivity contribution in [1.29, 1.82) is 0 Å². The Bertz CT molecular complexity index is 798. The van der Waals surface area contributed by atoms with Crippen LogP contribution in [-0.4, -0.2) is 4.98 Å². The summed E-state index contributed by atoms with van der Waals surface area (Å²) in [6.45, 7) is 3.87. The van der Waals surface area contributed by atoms with E-state index < -0.39 is 0 Å². The normalized spacial score (nSPS) is 11.5. The van der Waals surface area contributed by atoms with E-state index in [1.807, 2.05) is 26.0 Å². The van der Waals surface area contributed by atoms with Crippen molar-refractivity contribution in [3.8, 4) is 0 Å². The fraction of sp³-hybridized carbons (Fsp3) is 0.154. The van der Waals surface area contributed by atoms with Gasteiger partial charge in [-0.15, -0.1) is 0 Å². The number of hydrogen-bond acceptors (Lipinski definition) is 2. The average molecular weight is 248 g/mol. The van der Waals surface area contributed by atoms with E-state index in [1.54, 1.807) is 0 Å². The van der Waals surface area contributed by atoms with Crippen molar-refractivity contribution in [1.82, 2.24) is 4.98 Å². The Kier molecular flexibility index (Phi) is 2.07. The van der Waals surface area contributed by atoms with Crippen LogP contribution < -0.4 is 5.63 Å². The molecule has 0 atom stereocenters. The third-order valence-corrected chi connectivity index (χ3v) is 3.23. The summed E-state index contributed by atoms with van der Waals surface area (Å²) in [6, 6.07) is 3.74. The molecule has 2 aromatic heterocycles. The Morgan fingerprint density at radius 3 is 2.71 bits per heavy atom. The molecule has 3 nitrogen and oxygen atoms in total. The molecular formula is C13H10ClNO2. The second kappa shape index (κ2) is 3.37. The summed E-state index contributed by atoms with van der Waals surface area (Å²) in [5.41, 5.74) is 3.03. The van der Waals surface area contributed by atoms with Crippen molar-refractivity contribution >= 4 is 33.4 Å². The highest BCUT2D eigenvalue weighted by Crippen LogP contribution is 2.30. The van der Waals surface area contributed by atoms with Crippen LogP contribution in [-0.2, 0) is 0 Å². The van der Waals surface area contributed by atoms with Crippen LogP contribution in [0.2, 0.25) is 5.02 Å². The summed E-state index contributed by atoms with van der Waals surface area (Å²) in [5, 5.41) is 2.53. The number of halogens is 1. The predicted molar refractivity (Wildman–Crippen MR) is 68.8 cm³/mol. The third-order valence-electron chi connectivity index (χ3n) is 3.01. The fourth-order valence-electron chi connectivity index (χ4n) is 2.25. The minimum absolute atomic E-state index is 0.350. The lowest BCUT2D eigenvalue weighted by Gasteiger charge is -1.98. The largest absolute Gasteiger partial charge is 0.430 e. The smallest absolute Gasteiger partial charge is 0.360 e.